The van der Waals surface area contributed by atoms with E-state index in [4.69, 9.17) is 9.47 Å². The molecule has 0 bridgehead atoms. The molecule has 2 aromatic carbocycles. The zero-order chi connectivity index (χ0) is 16.5. The molecule has 0 spiro atoms. The van der Waals surface area contributed by atoms with Crippen LogP contribution in [0.1, 0.15) is 40.5 Å². The number of benzene rings is 2. The van der Waals surface area contributed by atoms with Gasteiger partial charge in [-0.3, -0.25) is 0 Å². The number of carbonyl (C=O) groups is 2. The maximum atomic E-state index is 12.0. The molecule has 1 unspecified atom stereocenters. The largest absolute Gasteiger partial charge is 0.462 e. The van der Waals surface area contributed by atoms with Gasteiger partial charge in [-0.2, -0.15) is 0 Å². The zero-order valence-corrected chi connectivity index (χ0v) is 13.1. The van der Waals surface area contributed by atoms with Gasteiger partial charge in [0.25, 0.3) is 0 Å². The number of hydrogen-bond donors (Lipinski definition) is 0. The van der Waals surface area contributed by atoms with Gasteiger partial charge in [0.2, 0.25) is 0 Å². The van der Waals surface area contributed by atoms with Crippen molar-refractivity contribution in [3.05, 3.63) is 71.8 Å². The van der Waals surface area contributed by atoms with Crippen LogP contribution in [0.2, 0.25) is 0 Å². The van der Waals surface area contributed by atoms with Crippen LogP contribution in [0.25, 0.3) is 0 Å². The highest BCUT2D eigenvalue weighted by Gasteiger charge is 2.15. The molecule has 0 aliphatic rings. The molecule has 0 aliphatic heterocycles. The van der Waals surface area contributed by atoms with E-state index in [9.17, 15) is 9.59 Å². The summed E-state index contributed by atoms with van der Waals surface area (Å²) >= 11 is 0. The fraction of sp³-hybridized carbons (Fsp3) is 0.263. The number of esters is 2. The summed E-state index contributed by atoms with van der Waals surface area (Å²) in [6, 6.07) is 17.7. The molecule has 0 saturated carbocycles. The molecule has 4 heteroatoms. The second kappa shape index (κ2) is 8.73. The first-order chi connectivity index (χ1) is 11.2. The van der Waals surface area contributed by atoms with Crippen LogP contribution in [0.15, 0.2) is 60.7 Å². The third-order valence-corrected chi connectivity index (χ3v) is 3.42. The molecule has 2 rings (SSSR count). The Morgan fingerprint density at radius 1 is 0.870 bits per heavy atom. The van der Waals surface area contributed by atoms with E-state index in [0.29, 0.717) is 24.0 Å². The van der Waals surface area contributed by atoms with E-state index < -0.39 is 0 Å². The summed E-state index contributed by atoms with van der Waals surface area (Å²) in [4.78, 5) is 23.8. The van der Waals surface area contributed by atoms with Gasteiger partial charge in [-0.05, 0) is 30.7 Å². The highest BCUT2D eigenvalue weighted by Crippen LogP contribution is 2.10. The lowest BCUT2D eigenvalue weighted by atomic mass is 10.2. The minimum atomic E-state index is -0.366. The van der Waals surface area contributed by atoms with E-state index in [2.05, 4.69) is 0 Å². The summed E-state index contributed by atoms with van der Waals surface area (Å²) in [5, 5.41) is 0. The first kappa shape index (κ1) is 16.7. The smallest absolute Gasteiger partial charge is 0.338 e. The van der Waals surface area contributed by atoms with E-state index in [1.807, 2.05) is 19.1 Å². The van der Waals surface area contributed by atoms with Crippen LogP contribution < -0.4 is 0 Å². The van der Waals surface area contributed by atoms with E-state index >= 15 is 0 Å². The van der Waals surface area contributed by atoms with Crippen molar-refractivity contribution in [3.8, 4) is 0 Å². The summed E-state index contributed by atoms with van der Waals surface area (Å²) in [6.07, 6.45) is 0.876. The fourth-order valence-corrected chi connectivity index (χ4v) is 2.08. The minimum Gasteiger partial charge on any atom is -0.462 e. The Balaban J connectivity index is 1.79. The van der Waals surface area contributed by atoms with Crippen LogP contribution in [0.5, 0.6) is 0 Å². The lowest BCUT2D eigenvalue weighted by Gasteiger charge is -2.16. The van der Waals surface area contributed by atoms with Crippen molar-refractivity contribution in [1.82, 2.24) is 0 Å². The molecule has 0 N–H and O–H groups in total. The van der Waals surface area contributed by atoms with Crippen molar-refractivity contribution in [2.75, 3.05) is 6.61 Å². The van der Waals surface area contributed by atoms with E-state index in [0.717, 1.165) is 0 Å². The molecule has 2 aromatic rings. The average molecular weight is 312 g/mol. The van der Waals surface area contributed by atoms with Gasteiger partial charge in [-0.25, -0.2) is 9.59 Å². The first-order valence-corrected chi connectivity index (χ1v) is 7.69. The lowest BCUT2D eigenvalue weighted by Crippen LogP contribution is -2.20. The van der Waals surface area contributed by atoms with E-state index in [1.54, 1.807) is 48.5 Å². The zero-order valence-electron chi connectivity index (χ0n) is 13.1. The Bertz CT molecular complexity index is 622. The quantitative estimate of drug-likeness (QED) is 0.728. The predicted molar refractivity (Wildman–Crippen MR) is 87.3 cm³/mol. The van der Waals surface area contributed by atoms with Crippen LogP contribution in [-0.4, -0.2) is 24.6 Å². The van der Waals surface area contributed by atoms with Gasteiger partial charge in [-0.1, -0.05) is 43.3 Å². The first-order valence-electron chi connectivity index (χ1n) is 7.69. The molecule has 0 aromatic heterocycles. The SMILES string of the molecule is CCC(CCOC(=O)c1ccccc1)OC(=O)c1ccccc1. The molecular weight excluding hydrogens is 292 g/mol. The van der Waals surface area contributed by atoms with Gasteiger partial charge < -0.3 is 9.47 Å². The monoisotopic (exact) mass is 312 g/mol. The van der Waals surface area contributed by atoms with E-state index in [-0.39, 0.29) is 24.6 Å². The fourth-order valence-electron chi connectivity index (χ4n) is 2.08. The van der Waals surface area contributed by atoms with Crippen LogP contribution in [0, 0.1) is 0 Å². The van der Waals surface area contributed by atoms with Crippen LogP contribution in [-0.2, 0) is 9.47 Å². The second-order valence-electron chi connectivity index (χ2n) is 5.09. The van der Waals surface area contributed by atoms with Crippen molar-refractivity contribution in [1.29, 1.82) is 0 Å². The molecule has 0 amide bonds. The lowest BCUT2D eigenvalue weighted by molar-refractivity contribution is 0.0177. The summed E-state index contributed by atoms with van der Waals surface area (Å²) in [7, 11) is 0. The maximum absolute atomic E-state index is 12.0. The Kier molecular flexibility index (Phi) is 6.36. The number of rotatable bonds is 7. The molecular formula is C19H20O4. The highest BCUT2D eigenvalue weighted by atomic mass is 16.6. The van der Waals surface area contributed by atoms with Crippen molar-refractivity contribution < 1.29 is 19.1 Å². The Morgan fingerprint density at radius 3 is 1.91 bits per heavy atom. The normalized spacial score (nSPS) is 11.5. The Morgan fingerprint density at radius 2 is 1.39 bits per heavy atom. The summed E-state index contributed by atoms with van der Waals surface area (Å²) in [5.74, 6) is -0.721. The Labute approximate surface area is 136 Å². The molecule has 0 heterocycles. The van der Waals surface area contributed by atoms with Crippen LogP contribution in [0.3, 0.4) is 0 Å². The van der Waals surface area contributed by atoms with Crippen LogP contribution in [0.4, 0.5) is 0 Å². The average Bonchev–Trinajstić information content (AvgIpc) is 2.62. The molecule has 1 atom stereocenters. The summed E-state index contributed by atoms with van der Waals surface area (Å²) < 4.78 is 10.7. The highest BCUT2D eigenvalue weighted by molar-refractivity contribution is 5.89. The van der Waals surface area contributed by atoms with Gasteiger partial charge in [0.15, 0.2) is 0 Å². The maximum Gasteiger partial charge on any atom is 0.338 e. The molecule has 0 saturated heterocycles. The molecule has 4 nitrogen and oxygen atoms in total. The van der Waals surface area contributed by atoms with Gasteiger partial charge in [0.05, 0.1) is 17.7 Å². The predicted octanol–water partition coefficient (Wildman–Crippen LogP) is 3.87. The third-order valence-electron chi connectivity index (χ3n) is 3.42. The second-order valence-corrected chi connectivity index (χ2v) is 5.09. The van der Waals surface area contributed by atoms with Gasteiger partial charge in [0, 0.05) is 6.42 Å². The summed E-state index contributed by atoms with van der Waals surface area (Å²) in [6.45, 7) is 2.15. The van der Waals surface area contributed by atoms with Crippen molar-refractivity contribution in [2.45, 2.75) is 25.9 Å². The molecule has 0 aliphatic carbocycles. The molecule has 120 valence electrons. The number of ether oxygens (including phenoxy) is 2. The van der Waals surface area contributed by atoms with Gasteiger partial charge in [0.1, 0.15) is 6.10 Å². The summed E-state index contributed by atoms with van der Waals surface area (Å²) in [5.41, 5.74) is 1.04. The molecule has 0 radical (unpaired) electrons. The topological polar surface area (TPSA) is 52.6 Å². The van der Waals surface area contributed by atoms with E-state index in [1.165, 1.54) is 0 Å². The van der Waals surface area contributed by atoms with Crippen molar-refractivity contribution in [2.24, 2.45) is 0 Å². The standard InChI is InChI=1S/C19H20O4/c1-2-17(23-19(21)16-11-7-4-8-12-16)13-14-22-18(20)15-9-5-3-6-10-15/h3-12,17H,2,13-14H2,1H3. The number of hydrogen-bond acceptors (Lipinski definition) is 4. The minimum absolute atomic E-state index is 0.217. The third kappa shape index (κ3) is 5.25. The van der Waals surface area contributed by atoms with Crippen molar-refractivity contribution in [3.63, 3.8) is 0 Å². The Hall–Kier alpha value is -2.62. The van der Waals surface area contributed by atoms with Gasteiger partial charge in [-0.15, -0.1) is 0 Å². The molecule has 23 heavy (non-hydrogen) atoms. The van der Waals surface area contributed by atoms with Crippen LogP contribution >= 0.6 is 0 Å². The number of carbonyl (C=O) groups excluding carboxylic acids is 2. The van der Waals surface area contributed by atoms with Gasteiger partial charge >= 0.3 is 11.9 Å². The molecule has 0 fully saturated rings. The van der Waals surface area contributed by atoms with Crippen molar-refractivity contribution >= 4 is 11.9 Å².